The van der Waals surface area contributed by atoms with E-state index in [1.807, 2.05) is 18.7 Å². The fourth-order valence-electron chi connectivity index (χ4n) is 2.81. The first kappa shape index (κ1) is 19.0. The molecule has 0 saturated carbocycles. The monoisotopic (exact) mass is 375 g/mol. The molecule has 0 spiro atoms. The van der Waals surface area contributed by atoms with Gasteiger partial charge >= 0.3 is 0 Å². The number of sulfonamides is 1. The molecule has 1 N–H and O–H groups in total. The zero-order chi connectivity index (χ0) is 17.8. The van der Waals surface area contributed by atoms with Gasteiger partial charge in [-0.25, -0.2) is 21.8 Å². The molecule has 1 unspecified atom stereocenters. The van der Waals surface area contributed by atoms with Gasteiger partial charge in [-0.1, -0.05) is 13.3 Å². The van der Waals surface area contributed by atoms with Crippen LogP contribution in [0.4, 0.5) is 11.5 Å². The maximum absolute atomic E-state index is 11.9. The number of unbranched alkanes of at least 4 members (excludes halogenated alkanes) is 1. The summed E-state index contributed by atoms with van der Waals surface area (Å²) < 4.78 is 49.6. The second-order valence-electron chi connectivity index (χ2n) is 6.02. The highest BCUT2D eigenvalue weighted by Crippen LogP contribution is 2.23. The highest BCUT2D eigenvalue weighted by atomic mass is 32.2. The summed E-state index contributed by atoms with van der Waals surface area (Å²) >= 11 is 0. The van der Waals surface area contributed by atoms with Crippen LogP contribution >= 0.6 is 0 Å². The van der Waals surface area contributed by atoms with Crippen LogP contribution in [0, 0.1) is 0 Å². The Hall–Kier alpha value is -1.35. The van der Waals surface area contributed by atoms with Crippen LogP contribution in [0.3, 0.4) is 0 Å². The molecule has 1 aromatic rings. The van der Waals surface area contributed by atoms with Crippen molar-refractivity contribution < 1.29 is 16.8 Å². The fraction of sp³-hybridized carbons (Fsp3) is 0.667. The minimum absolute atomic E-state index is 0.0698. The summed E-state index contributed by atoms with van der Waals surface area (Å²) in [5, 5.41) is 0. The van der Waals surface area contributed by atoms with E-state index in [0.717, 1.165) is 6.42 Å². The van der Waals surface area contributed by atoms with Gasteiger partial charge in [0, 0.05) is 12.6 Å². The Bertz CT molecular complexity index is 745. The highest BCUT2D eigenvalue weighted by molar-refractivity contribution is 7.92. The fourth-order valence-corrected chi connectivity index (χ4v) is 5.79. The minimum Gasteiger partial charge on any atom is -0.353 e. The van der Waals surface area contributed by atoms with Gasteiger partial charge in [0.05, 0.1) is 29.1 Å². The Morgan fingerprint density at radius 2 is 2.08 bits per heavy atom. The van der Waals surface area contributed by atoms with Gasteiger partial charge in [-0.2, -0.15) is 0 Å². The topological polar surface area (TPSA) is 96.4 Å². The van der Waals surface area contributed by atoms with E-state index in [0.29, 0.717) is 30.9 Å². The molecule has 1 saturated heterocycles. The summed E-state index contributed by atoms with van der Waals surface area (Å²) in [4.78, 5) is 6.27. The maximum atomic E-state index is 11.9. The molecule has 0 bridgehead atoms. The second-order valence-corrected chi connectivity index (χ2v) is 10.1. The lowest BCUT2D eigenvalue weighted by atomic mass is 10.2. The van der Waals surface area contributed by atoms with Crippen LogP contribution in [-0.4, -0.2) is 51.7 Å². The van der Waals surface area contributed by atoms with Crippen molar-refractivity contribution in [2.24, 2.45) is 0 Å². The third-order valence-electron chi connectivity index (χ3n) is 4.07. The quantitative estimate of drug-likeness (QED) is 0.742. The largest absolute Gasteiger partial charge is 0.353 e. The molecule has 9 heteroatoms. The van der Waals surface area contributed by atoms with Crippen molar-refractivity contribution in [3.63, 3.8) is 0 Å². The van der Waals surface area contributed by atoms with E-state index in [1.54, 1.807) is 12.1 Å². The molecule has 7 nitrogen and oxygen atoms in total. The lowest BCUT2D eigenvalue weighted by Gasteiger charge is -2.28. The van der Waals surface area contributed by atoms with Crippen LogP contribution in [0.15, 0.2) is 18.3 Å². The number of anilines is 2. The number of aromatic nitrogens is 1. The zero-order valence-corrected chi connectivity index (χ0v) is 15.7. The van der Waals surface area contributed by atoms with Crippen LogP contribution in [-0.2, 0) is 19.9 Å². The van der Waals surface area contributed by atoms with Gasteiger partial charge in [-0.05, 0) is 31.9 Å². The van der Waals surface area contributed by atoms with Gasteiger partial charge < -0.3 is 4.90 Å². The van der Waals surface area contributed by atoms with Crippen LogP contribution in [0.25, 0.3) is 0 Å². The maximum Gasteiger partial charge on any atom is 0.232 e. The molecule has 0 aromatic carbocycles. The van der Waals surface area contributed by atoms with E-state index in [2.05, 4.69) is 9.71 Å². The Balaban J connectivity index is 2.08. The van der Waals surface area contributed by atoms with E-state index in [-0.39, 0.29) is 23.3 Å². The van der Waals surface area contributed by atoms with Crippen molar-refractivity contribution in [1.29, 1.82) is 0 Å². The average Bonchev–Trinajstić information content (AvgIpc) is 2.87. The number of hydrogen-bond donors (Lipinski definition) is 1. The van der Waals surface area contributed by atoms with Gasteiger partial charge in [0.2, 0.25) is 10.0 Å². The van der Waals surface area contributed by atoms with Gasteiger partial charge in [0.25, 0.3) is 0 Å². The Morgan fingerprint density at radius 3 is 2.58 bits per heavy atom. The summed E-state index contributed by atoms with van der Waals surface area (Å²) in [6, 6.07) is 3.32. The summed E-state index contributed by atoms with van der Waals surface area (Å²) in [5.41, 5.74) is 0.421. The number of hydrogen-bond acceptors (Lipinski definition) is 6. The number of rotatable bonds is 8. The molecule has 24 heavy (non-hydrogen) atoms. The Morgan fingerprint density at radius 1 is 1.33 bits per heavy atom. The van der Waals surface area contributed by atoms with Crippen molar-refractivity contribution in [3.8, 4) is 0 Å². The second kappa shape index (κ2) is 7.69. The molecule has 1 fully saturated rings. The molecule has 1 aliphatic rings. The van der Waals surface area contributed by atoms with E-state index in [9.17, 15) is 16.8 Å². The predicted molar refractivity (Wildman–Crippen MR) is 96.6 cm³/mol. The average molecular weight is 376 g/mol. The number of pyridine rings is 1. The standard InChI is InChI=1S/C15H25N3O4S2/c1-3-5-9-24(21,22)17-13-6-7-15(16-11-13)18(4-2)14-8-10-23(19,20)12-14/h6-7,11,14,17H,3-5,8-10,12H2,1-2H3. The van der Waals surface area contributed by atoms with Crippen LogP contribution in [0.1, 0.15) is 33.1 Å². The predicted octanol–water partition coefficient (Wildman–Crippen LogP) is 1.64. The minimum atomic E-state index is -3.35. The van der Waals surface area contributed by atoms with Crippen LogP contribution in [0.5, 0.6) is 0 Å². The summed E-state index contributed by atoms with van der Waals surface area (Å²) in [6.45, 7) is 4.54. The highest BCUT2D eigenvalue weighted by Gasteiger charge is 2.32. The molecule has 2 rings (SSSR count). The molecule has 0 aliphatic carbocycles. The van der Waals surface area contributed by atoms with Crippen molar-refractivity contribution in [3.05, 3.63) is 18.3 Å². The molecule has 0 amide bonds. The Labute approximate surface area is 144 Å². The first-order chi connectivity index (χ1) is 11.3. The van der Waals surface area contributed by atoms with Gasteiger partial charge in [0.15, 0.2) is 9.84 Å². The number of sulfone groups is 1. The lowest BCUT2D eigenvalue weighted by molar-refractivity contribution is 0.596. The van der Waals surface area contributed by atoms with E-state index in [1.165, 1.54) is 6.20 Å². The van der Waals surface area contributed by atoms with Gasteiger partial charge in [0.1, 0.15) is 5.82 Å². The smallest absolute Gasteiger partial charge is 0.232 e. The summed E-state index contributed by atoms with van der Waals surface area (Å²) in [5.74, 6) is 1.11. The summed E-state index contributed by atoms with van der Waals surface area (Å²) in [7, 11) is -6.31. The summed E-state index contributed by atoms with van der Waals surface area (Å²) in [6.07, 6.45) is 3.50. The van der Waals surface area contributed by atoms with E-state index in [4.69, 9.17) is 0 Å². The first-order valence-corrected chi connectivity index (χ1v) is 11.7. The van der Waals surface area contributed by atoms with Gasteiger partial charge in [-0.3, -0.25) is 4.72 Å². The van der Waals surface area contributed by atoms with Crippen molar-refractivity contribution in [2.75, 3.05) is 33.4 Å². The molecule has 2 heterocycles. The Kier molecular flexibility index (Phi) is 6.08. The molecule has 1 aromatic heterocycles. The molecular weight excluding hydrogens is 350 g/mol. The molecule has 1 atom stereocenters. The van der Waals surface area contributed by atoms with E-state index >= 15 is 0 Å². The van der Waals surface area contributed by atoms with Crippen molar-refractivity contribution in [2.45, 2.75) is 39.2 Å². The van der Waals surface area contributed by atoms with Crippen LogP contribution in [0.2, 0.25) is 0 Å². The third-order valence-corrected chi connectivity index (χ3v) is 7.20. The molecule has 136 valence electrons. The number of nitrogens with one attached hydrogen (secondary N) is 1. The van der Waals surface area contributed by atoms with Crippen molar-refractivity contribution in [1.82, 2.24) is 4.98 Å². The first-order valence-electron chi connectivity index (χ1n) is 8.20. The number of nitrogens with zero attached hydrogens (tertiary/aromatic N) is 2. The van der Waals surface area contributed by atoms with Crippen molar-refractivity contribution >= 4 is 31.4 Å². The normalized spacial score (nSPS) is 20.0. The third kappa shape index (κ3) is 5.07. The SMILES string of the molecule is CCCCS(=O)(=O)Nc1ccc(N(CC)C2CCS(=O)(=O)C2)nc1. The van der Waals surface area contributed by atoms with Gasteiger partial charge in [-0.15, -0.1) is 0 Å². The zero-order valence-electron chi connectivity index (χ0n) is 14.1. The lowest BCUT2D eigenvalue weighted by Crippen LogP contribution is -2.36. The molecule has 0 radical (unpaired) electrons. The van der Waals surface area contributed by atoms with E-state index < -0.39 is 19.9 Å². The molecular formula is C15H25N3O4S2. The van der Waals surface area contributed by atoms with Crippen LogP contribution < -0.4 is 9.62 Å². The molecule has 1 aliphatic heterocycles.